The highest BCUT2D eigenvalue weighted by atomic mass is 32.2. The predicted octanol–water partition coefficient (Wildman–Crippen LogP) is 5.60. The summed E-state index contributed by atoms with van der Waals surface area (Å²) in [6.45, 7) is 7.54. The molecule has 0 aromatic heterocycles. The van der Waals surface area contributed by atoms with Crippen LogP contribution in [0.4, 0.5) is 0 Å². The number of nitrogens with one attached hydrogen (secondary N) is 1. The highest BCUT2D eigenvalue weighted by Gasteiger charge is 2.41. The Labute approximate surface area is 272 Å². The summed E-state index contributed by atoms with van der Waals surface area (Å²) in [6, 6.07) is 20.1. The van der Waals surface area contributed by atoms with Crippen molar-refractivity contribution in [3.05, 3.63) is 83.9 Å². The van der Waals surface area contributed by atoms with Gasteiger partial charge in [0.25, 0.3) is 0 Å². The number of hydrogen-bond donors (Lipinski definition) is 2. The Bertz CT molecular complexity index is 1550. The second kappa shape index (κ2) is 16.2. The Morgan fingerprint density at radius 2 is 1.59 bits per heavy atom. The first-order valence-corrected chi connectivity index (χ1v) is 18.5. The van der Waals surface area contributed by atoms with E-state index in [1.807, 2.05) is 44.2 Å². The summed E-state index contributed by atoms with van der Waals surface area (Å²) < 4.78 is 71.4. The average Bonchev–Trinajstić information content (AvgIpc) is 3.51. The first-order chi connectivity index (χ1) is 22.0. The van der Waals surface area contributed by atoms with Gasteiger partial charge in [-0.25, -0.2) is 8.42 Å². The fraction of sp³-hybridized carbons (Fsp3) is 0.455. The van der Waals surface area contributed by atoms with Crippen molar-refractivity contribution < 1.29 is 41.3 Å². The number of benzene rings is 3. The van der Waals surface area contributed by atoms with Gasteiger partial charge in [-0.05, 0) is 73.7 Å². The van der Waals surface area contributed by atoms with Gasteiger partial charge in [0.05, 0.1) is 31.3 Å². The topological polar surface area (TPSA) is 133 Å². The van der Waals surface area contributed by atoms with E-state index >= 15 is 0 Å². The quantitative estimate of drug-likeness (QED) is 0.164. The van der Waals surface area contributed by atoms with Gasteiger partial charge < -0.3 is 28.4 Å². The molecule has 252 valence electrons. The van der Waals surface area contributed by atoms with Crippen molar-refractivity contribution in [2.45, 2.75) is 56.9 Å². The molecule has 0 spiro atoms. The molecule has 3 aromatic carbocycles. The van der Waals surface area contributed by atoms with E-state index in [-0.39, 0.29) is 43.9 Å². The fourth-order valence-electron chi connectivity index (χ4n) is 5.29. The van der Waals surface area contributed by atoms with Gasteiger partial charge >= 0.3 is 7.60 Å². The fourth-order valence-corrected chi connectivity index (χ4v) is 8.90. The molecule has 11 nitrogen and oxygen atoms in total. The summed E-state index contributed by atoms with van der Waals surface area (Å²) in [4.78, 5) is 0.0872. The van der Waals surface area contributed by atoms with Gasteiger partial charge in [-0.15, -0.1) is 0 Å². The molecule has 46 heavy (non-hydrogen) atoms. The van der Waals surface area contributed by atoms with Crippen LogP contribution in [-0.2, 0) is 30.1 Å². The molecule has 0 saturated heterocycles. The van der Waals surface area contributed by atoms with Crippen LogP contribution in [0.1, 0.15) is 44.6 Å². The van der Waals surface area contributed by atoms with Crippen molar-refractivity contribution >= 4 is 17.6 Å². The monoisotopic (exact) mass is 676 g/mol. The maximum atomic E-state index is 14.4. The van der Waals surface area contributed by atoms with Crippen molar-refractivity contribution in [2.75, 3.05) is 40.2 Å². The first-order valence-electron chi connectivity index (χ1n) is 15.4. The Morgan fingerprint density at radius 1 is 0.935 bits per heavy atom. The Balaban J connectivity index is 1.73. The molecule has 0 aliphatic carbocycles. The van der Waals surface area contributed by atoms with Crippen LogP contribution in [0.25, 0.3) is 0 Å². The summed E-state index contributed by atoms with van der Waals surface area (Å²) >= 11 is 0. The van der Waals surface area contributed by atoms with E-state index in [1.54, 1.807) is 44.2 Å². The van der Waals surface area contributed by atoms with Gasteiger partial charge in [0.1, 0.15) is 11.5 Å². The third kappa shape index (κ3) is 8.89. The number of aliphatic hydroxyl groups is 1. The minimum atomic E-state index is -4.00. The van der Waals surface area contributed by atoms with Crippen molar-refractivity contribution in [3.63, 3.8) is 0 Å². The van der Waals surface area contributed by atoms with Gasteiger partial charge in [-0.2, -0.15) is 4.31 Å². The van der Waals surface area contributed by atoms with E-state index in [2.05, 4.69) is 5.32 Å². The summed E-state index contributed by atoms with van der Waals surface area (Å²) in [6.07, 6.45) is -0.945. The minimum Gasteiger partial charge on any atom is -0.497 e. The number of fused-ring (bicyclic) bond motifs is 1. The van der Waals surface area contributed by atoms with Crippen LogP contribution in [0.15, 0.2) is 77.7 Å². The second-order valence-corrected chi connectivity index (χ2v) is 15.4. The molecule has 0 amide bonds. The predicted molar refractivity (Wildman–Crippen MR) is 176 cm³/mol. The molecule has 1 heterocycles. The van der Waals surface area contributed by atoms with Crippen molar-refractivity contribution in [3.8, 4) is 17.2 Å². The van der Waals surface area contributed by atoms with Crippen LogP contribution in [0.5, 0.6) is 17.2 Å². The van der Waals surface area contributed by atoms with E-state index < -0.39 is 35.5 Å². The lowest BCUT2D eigenvalue weighted by Crippen LogP contribution is -2.50. The second-order valence-electron chi connectivity index (χ2n) is 11.3. The average molecular weight is 677 g/mol. The molecule has 0 saturated carbocycles. The van der Waals surface area contributed by atoms with Crippen LogP contribution in [0.2, 0.25) is 0 Å². The zero-order chi connectivity index (χ0) is 33.3. The van der Waals surface area contributed by atoms with Crippen molar-refractivity contribution in [2.24, 2.45) is 5.92 Å². The smallest absolute Gasteiger partial charge is 0.351 e. The molecule has 0 fully saturated rings. The number of nitrogens with zero attached hydrogens (tertiary/aromatic N) is 1. The van der Waals surface area contributed by atoms with E-state index in [0.29, 0.717) is 29.2 Å². The van der Waals surface area contributed by atoms with Crippen LogP contribution >= 0.6 is 7.60 Å². The summed E-state index contributed by atoms with van der Waals surface area (Å²) in [5.41, 5.74) is 1.43. The summed E-state index contributed by atoms with van der Waals surface area (Å²) in [7, 11) is -6.37. The molecule has 1 aliphatic rings. The standard InChI is InChI=1S/C33H45N2O9PS/c1-6-43-45(37,44-7-2)33(26-13-18-31-32(20-26)42-23-41-31)34-29(19-25-11-9-8-10-12-25)30(36)22-35(21-24(3)4)46(38,39)28-16-14-27(40-5)15-17-28/h8-18,20,24,29-30,33-34,36H,6-7,19,21-23H2,1-5H3/t29-,30+,33?/m0/s1. The maximum Gasteiger partial charge on any atom is 0.351 e. The molecule has 0 radical (unpaired) electrons. The molecule has 3 aromatic rings. The Hall–Kier alpha value is -2.96. The summed E-state index contributed by atoms with van der Waals surface area (Å²) in [5.74, 6) is 0.515. The largest absolute Gasteiger partial charge is 0.497 e. The van der Waals surface area contributed by atoms with Crippen LogP contribution in [0.3, 0.4) is 0 Å². The lowest BCUT2D eigenvalue weighted by molar-refractivity contribution is 0.0968. The lowest BCUT2D eigenvalue weighted by Gasteiger charge is -2.35. The lowest BCUT2D eigenvalue weighted by atomic mass is 10.0. The zero-order valence-electron chi connectivity index (χ0n) is 27.0. The van der Waals surface area contributed by atoms with Crippen LogP contribution in [-0.4, -0.2) is 70.2 Å². The Morgan fingerprint density at radius 3 is 2.20 bits per heavy atom. The highest BCUT2D eigenvalue weighted by molar-refractivity contribution is 7.89. The van der Waals surface area contributed by atoms with Crippen LogP contribution < -0.4 is 19.5 Å². The van der Waals surface area contributed by atoms with E-state index in [0.717, 1.165) is 5.56 Å². The molecule has 0 bridgehead atoms. The molecule has 3 atom stereocenters. The van der Waals surface area contributed by atoms with E-state index in [9.17, 15) is 18.1 Å². The Kier molecular flexibility index (Phi) is 12.7. The zero-order valence-corrected chi connectivity index (χ0v) is 28.7. The SMILES string of the molecule is CCOP(=O)(OCC)C(N[C@@H](Cc1ccccc1)[C@H](O)CN(CC(C)C)S(=O)(=O)c1ccc(OC)cc1)c1ccc2c(c1)OCO2. The number of hydrogen-bond acceptors (Lipinski definition) is 10. The normalized spacial score (nSPS) is 15.2. The first kappa shape index (κ1) is 35.9. The van der Waals surface area contributed by atoms with Crippen molar-refractivity contribution in [1.29, 1.82) is 0 Å². The van der Waals surface area contributed by atoms with E-state index in [4.69, 9.17) is 23.3 Å². The minimum absolute atomic E-state index is 0.0294. The number of aliphatic hydroxyl groups excluding tert-OH is 1. The number of sulfonamides is 1. The number of rotatable bonds is 18. The molecule has 1 aliphatic heterocycles. The molecule has 2 N–H and O–H groups in total. The third-order valence-electron chi connectivity index (χ3n) is 7.44. The number of ether oxygens (including phenoxy) is 3. The van der Waals surface area contributed by atoms with Gasteiger partial charge in [0.2, 0.25) is 16.8 Å². The molecular weight excluding hydrogens is 631 g/mol. The molecule has 4 rings (SSSR count). The highest BCUT2D eigenvalue weighted by Crippen LogP contribution is 2.60. The maximum absolute atomic E-state index is 14.4. The molecule has 1 unspecified atom stereocenters. The van der Waals surface area contributed by atoms with Gasteiger partial charge in [0.15, 0.2) is 11.5 Å². The van der Waals surface area contributed by atoms with Crippen molar-refractivity contribution in [1.82, 2.24) is 9.62 Å². The van der Waals surface area contributed by atoms with Crippen LogP contribution in [0, 0.1) is 5.92 Å². The number of methoxy groups -OCH3 is 1. The molecule has 13 heteroatoms. The van der Waals surface area contributed by atoms with E-state index in [1.165, 1.54) is 23.5 Å². The van der Waals surface area contributed by atoms with Gasteiger partial charge in [0, 0.05) is 19.1 Å². The molecular formula is C33H45N2O9PS. The third-order valence-corrected chi connectivity index (χ3v) is 11.6. The summed E-state index contributed by atoms with van der Waals surface area (Å²) in [5, 5.41) is 15.3. The van der Waals surface area contributed by atoms with Gasteiger partial charge in [-0.1, -0.05) is 50.2 Å². The van der Waals surface area contributed by atoms with Gasteiger partial charge in [-0.3, -0.25) is 9.88 Å².